The summed E-state index contributed by atoms with van der Waals surface area (Å²) in [6.07, 6.45) is 0. The Morgan fingerprint density at radius 2 is 1.91 bits per heavy atom. The van der Waals surface area contributed by atoms with Crippen molar-refractivity contribution in [1.29, 1.82) is 0 Å². The summed E-state index contributed by atoms with van der Waals surface area (Å²) in [5.74, 6) is 0.746. The predicted octanol–water partition coefficient (Wildman–Crippen LogP) is 3.18. The third kappa shape index (κ3) is 6.47. The van der Waals surface area contributed by atoms with Crippen LogP contribution in [0.1, 0.15) is 6.92 Å². The number of nitro groups is 1. The van der Waals surface area contributed by atoms with Crippen LogP contribution in [0.15, 0.2) is 58.5 Å². The molecule has 0 spiro atoms. The van der Waals surface area contributed by atoms with E-state index in [4.69, 9.17) is 15.2 Å². The van der Waals surface area contributed by atoms with Crippen molar-refractivity contribution in [2.45, 2.75) is 12.1 Å². The van der Waals surface area contributed by atoms with Gasteiger partial charge in [0, 0.05) is 18.2 Å². The van der Waals surface area contributed by atoms with Crippen molar-refractivity contribution in [2.24, 2.45) is 0 Å². The lowest BCUT2D eigenvalue weighted by Gasteiger charge is -2.10. The number of nitrogens with one attached hydrogen (secondary N) is 2. The molecule has 2 aromatic carbocycles. The minimum atomic E-state index is -0.586. The maximum absolute atomic E-state index is 12.3. The maximum Gasteiger partial charge on any atom is 0.275 e. The van der Waals surface area contributed by atoms with Crippen molar-refractivity contribution in [3.8, 4) is 17.2 Å². The van der Waals surface area contributed by atoms with E-state index in [0.717, 1.165) is 17.8 Å². The highest BCUT2D eigenvalue weighted by Crippen LogP contribution is 2.30. The Bertz CT molecular complexity index is 1180. The molecule has 0 saturated carbocycles. The highest BCUT2D eigenvalue weighted by molar-refractivity contribution is 7.99. The summed E-state index contributed by atoms with van der Waals surface area (Å²) < 4.78 is 11.1. The maximum atomic E-state index is 12.3. The number of aromatic amines is 1. The van der Waals surface area contributed by atoms with Crippen molar-refractivity contribution in [3.63, 3.8) is 0 Å². The molecule has 11 nitrogen and oxygen atoms in total. The molecule has 12 heteroatoms. The summed E-state index contributed by atoms with van der Waals surface area (Å²) in [7, 11) is 0. The van der Waals surface area contributed by atoms with Crippen LogP contribution in [-0.2, 0) is 4.79 Å². The van der Waals surface area contributed by atoms with Crippen molar-refractivity contribution < 1.29 is 19.2 Å². The summed E-state index contributed by atoms with van der Waals surface area (Å²) >= 11 is 0.963. The lowest BCUT2D eigenvalue weighted by molar-refractivity contribution is -0.384. The first-order valence-corrected chi connectivity index (χ1v) is 10.3. The zero-order valence-corrected chi connectivity index (χ0v) is 17.7. The average Bonchev–Trinajstić information content (AvgIpc) is 2.73. The van der Waals surface area contributed by atoms with Gasteiger partial charge < -0.3 is 25.5 Å². The lowest BCUT2D eigenvalue weighted by Crippen LogP contribution is -2.16. The van der Waals surface area contributed by atoms with Crippen LogP contribution in [0.2, 0.25) is 0 Å². The number of nitro benzene ring substituents is 1. The third-order valence-corrected chi connectivity index (χ3v) is 4.71. The van der Waals surface area contributed by atoms with Gasteiger partial charge in [0.25, 0.3) is 11.2 Å². The van der Waals surface area contributed by atoms with Gasteiger partial charge in [-0.3, -0.25) is 19.7 Å². The van der Waals surface area contributed by atoms with Gasteiger partial charge in [-0.2, -0.15) is 0 Å². The average molecular weight is 457 g/mol. The number of thioether (sulfide) groups is 1. The van der Waals surface area contributed by atoms with Gasteiger partial charge in [-0.1, -0.05) is 11.8 Å². The number of H-pyrrole nitrogens is 1. The number of nitrogen functional groups attached to an aromatic ring is 1. The number of hydrogen-bond donors (Lipinski definition) is 3. The highest BCUT2D eigenvalue weighted by atomic mass is 32.2. The van der Waals surface area contributed by atoms with Crippen LogP contribution in [0, 0.1) is 10.1 Å². The number of nitrogens with two attached hydrogens (primary N) is 1. The molecule has 3 aromatic rings. The third-order valence-electron chi connectivity index (χ3n) is 3.84. The normalized spacial score (nSPS) is 10.4. The molecule has 4 N–H and O–H groups in total. The van der Waals surface area contributed by atoms with Gasteiger partial charge in [0.15, 0.2) is 5.16 Å². The van der Waals surface area contributed by atoms with Crippen molar-refractivity contribution >= 4 is 34.9 Å². The van der Waals surface area contributed by atoms with E-state index in [1.54, 1.807) is 24.3 Å². The largest absolute Gasteiger partial charge is 0.494 e. The zero-order valence-electron chi connectivity index (χ0n) is 16.9. The van der Waals surface area contributed by atoms with E-state index in [9.17, 15) is 19.7 Å². The topological polar surface area (TPSA) is 162 Å². The fourth-order valence-corrected chi connectivity index (χ4v) is 3.26. The number of ether oxygens (including phenoxy) is 2. The Hall–Kier alpha value is -4.06. The number of anilines is 2. The van der Waals surface area contributed by atoms with Crippen LogP contribution < -0.4 is 26.1 Å². The molecule has 3 rings (SSSR count). The molecule has 1 aromatic heterocycles. The molecule has 0 fully saturated rings. The molecule has 1 heterocycles. The molecule has 0 aliphatic carbocycles. The monoisotopic (exact) mass is 457 g/mol. The van der Waals surface area contributed by atoms with Crippen LogP contribution >= 0.6 is 11.8 Å². The van der Waals surface area contributed by atoms with Crippen molar-refractivity contribution in [1.82, 2.24) is 9.97 Å². The molecule has 0 radical (unpaired) electrons. The number of hydrogen-bond acceptors (Lipinski definition) is 9. The SMILES string of the molecule is CCOc1ccc(Oc2cc(NC(=O)CSc3nc(N)cc(=O)[nH]3)cc([N+](=O)[O-])c2)cc1. The number of amides is 1. The van der Waals surface area contributed by atoms with Gasteiger partial charge in [-0.05, 0) is 31.2 Å². The van der Waals surface area contributed by atoms with E-state index in [1.807, 2.05) is 6.92 Å². The molecule has 0 atom stereocenters. The van der Waals surface area contributed by atoms with Gasteiger partial charge in [0.2, 0.25) is 5.91 Å². The minimum absolute atomic E-state index is 0.0337. The van der Waals surface area contributed by atoms with Gasteiger partial charge in [0.05, 0.1) is 29.0 Å². The second-order valence-electron chi connectivity index (χ2n) is 6.29. The Morgan fingerprint density at radius 1 is 1.19 bits per heavy atom. The summed E-state index contributed by atoms with van der Waals surface area (Å²) in [5, 5.41) is 14.1. The molecule has 0 unspecified atom stereocenters. The number of benzene rings is 2. The van der Waals surface area contributed by atoms with Crippen LogP contribution in [0.3, 0.4) is 0 Å². The lowest BCUT2D eigenvalue weighted by atomic mass is 10.2. The van der Waals surface area contributed by atoms with E-state index in [0.29, 0.717) is 18.1 Å². The molecule has 166 valence electrons. The Kier molecular flexibility index (Phi) is 7.29. The summed E-state index contributed by atoms with van der Waals surface area (Å²) in [6, 6.07) is 11.8. The van der Waals surface area contributed by atoms with Gasteiger partial charge in [0.1, 0.15) is 23.1 Å². The van der Waals surface area contributed by atoms with Crippen LogP contribution in [0.25, 0.3) is 0 Å². The molecule has 0 saturated heterocycles. The van der Waals surface area contributed by atoms with Gasteiger partial charge in [-0.25, -0.2) is 4.98 Å². The summed E-state index contributed by atoms with van der Waals surface area (Å²) in [6.45, 7) is 2.39. The zero-order chi connectivity index (χ0) is 23.1. The molecule has 0 aliphatic heterocycles. The van der Waals surface area contributed by atoms with Crippen LogP contribution in [-0.4, -0.2) is 33.2 Å². The number of nitrogens with zero attached hydrogens (tertiary/aromatic N) is 2. The second kappa shape index (κ2) is 10.3. The molecule has 32 heavy (non-hydrogen) atoms. The highest BCUT2D eigenvalue weighted by Gasteiger charge is 2.14. The molecule has 0 bridgehead atoms. The first kappa shape index (κ1) is 22.6. The van der Waals surface area contributed by atoms with E-state index in [-0.39, 0.29) is 33.9 Å². The summed E-state index contributed by atoms with van der Waals surface area (Å²) in [4.78, 5) is 40.8. The Morgan fingerprint density at radius 3 is 2.56 bits per heavy atom. The summed E-state index contributed by atoms with van der Waals surface area (Å²) in [5.41, 5.74) is 5.00. The molecular weight excluding hydrogens is 438 g/mol. The fourth-order valence-electron chi connectivity index (χ4n) is 2.58. The Labute approximate surface area is 186 Å². The van der Waals surface area contributed by atoms with Crippen LogP contribution in [0.4, 0.5) is 17.2 Å². The number of rotatable bonds is 9. The quantitative estimate of drug-likeness (QED) is 0.189. The molecule has 0 aliphatic rings. The van der Waals surface area contributed by atoms with Crippen molar-refractivity contribution in [3.05, 3.63) is 69.0 Å². The fraction of sp³-hybridized carbons (Fsp3) is 0.150. The predicted molar refractivity (Wildman–Crippen MR) is 119 cm³/mol. The minimum Gasteiger partial charge on any atom is -0.494 e. The smallest absolute Gasteiger partial charge is 0.275 e. The van der Waals surface area contributed by atoms with E-state index in [1.165, 1.54) is 18.2 Å². The number of non-ortho nitro benzene ring substituents is 1. The first-order valence-electron chi connectivity index (χ1n) is 9.32. The number of carbonyl (C=O) groups excluding carboxylic acids is 1. The van der Waals surface area contributed by atoms with Crippen LogP contribution in [0.5, 0.6) is 17.2 Å². The standard InChI is InChI=1S/C20H19N5O6S/c1-2-30-14-3-5-15(6-4-14)31-16-8-12(7-13(9-16)25(28)29)22-19(27)11-32-20-23-17(21)10-18(26)24-20/h3-10H,2,11H2,1H3,(H,22,27)(H3,21,23,24,26). The van der Waals surface area contributed by atoms with Crippen molar-refractivity contribution in [2.75, 3.05) is 23.4 Å². The van der Waals surface area contributed by atoms with Gasteiger partial charge in [-0.15, -0.1) is 0 Å². The second-order valence-corrected chi connectivity index (χ2v) is 7.26. The van der Waals surface area contributed by atoms with E-state index in [2.05, 4.69) is 15.3 Å². The molecule has 1 amide bonds. The first-order chi connectivity index (χ1) is 15.3. The number of carbonyl (C=O) groups is 1. The Balaban J connectivity index is 1.71. The van der Waals surface area contributed by atoms with Gasteiger partial charge >= 0.3 is 0 Å². The number of aromatic nitrogens is 2. The molecular formula is C20H19N5O6S. The van der Waals surface area contributed by atoms with E-state index < -0.39 is 16.4 Å². The van der Waals surface area contributed by atoms with E-state index >= 15 is 0 Å².